The molecule has 14 aromatic rings. The minimum Gasteiger partial charge on any atom is -0.870 e. The number of nitrogens with zero attached hydrogens (tertiary/aromatic N) is 6. The van der Waals surface area contributed by atoms with Crippen LogP contribution in [0.15, 0.2) is 254 Å². The minimum atomic E-state index is -0.581. The second-order valence-corrected chi connectivity index (χ2v) is 29.2. The summed E-state index contributed by atoms with van der Waals surface area (Å²) in [5.74, 6) is -2.44. The molecule has 0 aliphatic carbocycles. The monoisotopic (exact) mass is 1980 g/mol. The molecule has 38 heteroatoms. The highest BCUT2D eigenvalue weighted by Crippen LogP contribution is 2.35. The molecule has 0 radical (unpaired) electrons. The summed E-state index contributed by atoms with van der Waals surface area (Å²) in [6.45, 7) is 7.05. The molecule has 23 nitrogen and oxygen atoms in total. The number of hydrogen-bond acceptors (Lipinski definition) is 22. The summed E-state index contributed by atoms with van der Waals surface area (Å²) in [4.78, 5) is 84.0. The quantitative estimate of drug-likeness (QED) is 0.0240. The average molecular weight is 1990 g/mol. The maximum absolute atomic E-state index is 13.9. The Bertz CT molecular complexity index is 6200. The van der Waals surface area contributed by atoms with Crippen LogP contribution in [0.2, 0.25) is 40.4 Å². The molecule has 0 bridgehead atoms. The predicted octanol–water partition coefficient (Wildman–Crippen LogP) is 24.3. The molecule has 7 aromatic heterocycles. The number of aromatic amines is 1. The Hall–Kier alpha value is -13.1. The van der Waals surface area contributed by atoms with E-state index in [1.165, 1.54) is 122 Å². The van der Waals surface area contributed by atoms with Gasteiger partial charge in [-0.2, -0.15) is 0 Å². The maximum atomic E-state index is 13.9. The van der Waals surface area contributed by atoms with Gasteiger partial charge in [0.25, 0.3) is 0 Å². The Morgan fingerprint density at radius 2 is 0.579 bits per heavy atom. The van der Waals surface area contributed by atoms with Crippen LogP contribution in [0, 0.1) is 40.7 Å². The molecule has 0 unspecified atom stereocenters. The summed E-state index contributed by atoms with van der Waals surface area (Å²) in [5, 5.41) is 0.897. The van der Waals surface area contributed by atoms with Crippen molar-refractivity contribution < 1.29 is 103 Å². The zero-order valence-electron chi connectivity index (χ0n) is 70.8. The predicted molar refractivity (Wildman–Crippen MR) is 494 cm³/mol. The molecule has 0 saturated carbocycles. The van der Waals surface area contributed by atoms with Crippen molar-refractivity contribution in [2.24, 2.45) is 0 Å². The summed E-state index contributed by atoms with van der Waals surface area (Å²) in [5.41, 5.74) is 7.43. The van der Waals surface area contributed by atoms with Crippen molar-refractivity contribution in [3.63, 3.8) is 0 Å². The van der Waals surface area contributed by atoms with Crippen LogP contribution in [-0.2, 0) is 38.1 Å². The number of carbonyl (C=O) groups is 4. The first kappa shape index (κ1) is 107. The Morgan fingerprint density at radius 3 is 0.917 bits per heavy atom. The van der Waals surface area contributed by atoms with Gasteiger partial charge in [-0.15, -0.1) is 0 Å². The Morgan fingerprint density at radius 1 is 0.301 bits per heavy atom. The van der Waals surface area contributed by atoms with E-state index in [0.29, 0.717) is 126 Å². The maximum Gasteiger partial charge on any atom is 0.344 e. The van der Waals surface area contributed by atoms with Gasteiger partial charge in [-0.05, 0) is 149 Å². The standard InChI is InChI=1S/C21H16ClF2NO3.C15H12Cl2FNO3.2C15H13ClFNO3.C12H9ClFNO.C11H7ClFNO.C6H6ClNO.H2O/c1-2-27-21(26)12-28-16-10-19(13-3-6-15(23)7-4-13)25-20(11-16)14-5-8-17(22)18(24)9-14;1-2-21-15(20)8-22-10-6-13(19-14(17)7-10)9-3-4-11(16)12(18)5-9;2*1-2-20-15(19)9-21-11-5-6-18-14(8-11)10-3-4-12(16)13(17)7-10;1-16-9-4-5-15-12(7-9)8-2-3-10(13)11(14)6-8;12-9-2-1-7(5-10(9)13)11-6-8(15)3-4-14-11;1-9-5-2-3-8-6(7)4-5;/h3-11H,2,12H2,1H3;3-7H,2,8H2,1H3;2*3-8H,2,9H2,1H3;2-7H,1H3;1-6H,(H,14,15);2-4H,1H3;1H2/p-1. The molecule has 7 aromatic carbocycles. The SMILES string of the molecule is CCOC(=O)COc1cc(-c2ccc(F)cc2)nc(-c2ccc(Cl)c(F)c2)c1.CCOC(=O)COc1cc(Cl)nc(-c2ccc(Cl)c(F)c2)c1.CCOC(=O)COc1ccnc(-c2ccc(Cl)c(F)c2)c1.CCOC(=O)COc1ccnc(-c2ccc(Cl)c(F)c2)c1.COc1ccnc(-c2ccc(Cl)c(F)c2)c1.COc1ccnc(Cl)c1.O=c1cc[nH]c(-c2ccc(Cl)c(F)c2)c1.[OH-]. The first-order valence-corrected chi connectivity index (χ1v) is 42.0. The van der Waals surface area contributed by atoms with E-state index in [-0.39, 0.29) is 91.7 Å². The molecule has 0 fully saturated rings. The van der Waals surface area contributed by atoms with Crippen molar-refractivity contribution in [3.05, 3.63) is 341 Å². The molecule has 14 rings (SSSR count). The molecular weight excluding hydrogens is 1910 g/mol. The van der Waals surface area contributed by atoms with Crippen LogP contribution in [0.1, 0.15) is 27.7 Å². The third kappa shape index (κ3) is 35.8. The fourth-order valence-corrected chi connectivity index (χ4v) is 11.7. The van der Waals surface area contributed by atoms with E-state index in [0.717, 1.165) is 5.75 Å². The first-order chi connectivity index (χ1) is 63.3. The number of carbonyl (C=O) groups excluding carboxylic acids is 4. The van der Waals surface area contributed by atoms with Gasteiger partial charge in [0.15, 0.2) is 31.9 Å². The molecule has 0 atom stereocenters. The van der Waals surface area contributed by atoms with Gasteiger partial charge in [0, 0.05) is 136 Å². The second-order valence-electron chi connectivity index (χ2n) is 26.0. The van der Waals surface area contributed by atoms with Gasteiger partial charge in [-0.3, -0.25) is 19.7 Å². The van der Waals surface area contributed by atoms with E-state index in [2.05, 4.69) is 34.9 Å². The van der Waals surface area contributed by atoms with Gasteiger partial charge in [0.05, 0.1) is 105 Å². The van der Waals surface area contributed by atoms with Crippen LogP contribution in [-0.4, -0.2) is 131 Å². The molecule has 7 heterocycles. The Labute approximate surface area is 797 Å². The van der Waals surface area contributed by atoms with Crippen LogP contribution < -0.4 is 33.8 Å². The van der Waals surface area contributed by atoms with Gasteiger partial charge < -0.3 is 57.8 Å². The molecule has 133 heavy (non-hydrogen) atoms. The van der Waals surface area contributed by atoms with E-state index in [9.17, 15) is 54.7 Å². The summed E-state index contributed by atoms with van der Waals surface area (Å²) in [7, 11) is 3.16. The zero-order valence-corrected chi connectivity index (χ0v) is 76.8. The van der Waals surface area contributed by atoms with Crippen molar-refractivity contribution >= 4 is 117 Å². The minimum absolute atomic E-state index is 0. The van der Waals surface area contributed by atoms with Crippen LogP contribution in [0.4, 0.5) is 30.7 Å². The number of methoxy groups -OCH3 is 2. The number of benzene rings is 7. The number of halogens is 15. The van der Waals surface area contributed by atoms with Crippen molar-refractivity contribution in [2.45, 2.75) is 27.7 Å². The van der Waals surface area contributed by atoms with E-state index in [1.807, 2.05) is 0 Å². The van der Waals surface area contributed by atoms with Gasteiger partial charge in [0.1, 0.15) is 85.5 Å². The van der Waals surface area contributed by atoms with Crippen molar-refractivity contribution in [1.82, 2.24) is 34.9 Å². The second kappa shape index (κ2) is 55.3. The van der Waals surface area contributed by atoms with Crippen molar-refractivity contribution in [2.75, 3.05) is 67.1 Å². The number of nitrogens with one attached hydrogen (secondary N) is 1. The largest absolute Gasteiger partial charge is 0.870 e. The molecule has 0 aliphatic rings. The van der Waals surface area contributed by atoms with Crippen molar-refractivity contribution in [3.8, 4) is 113 Å². The molecule has 0 spiro atoms. The number of H-pyrrole nitrogens is 1. The molecule has 0 aliphatic heterocycles. The summed E-state index contributed by atoms with van der Waals surface area (Å²) >= 11 is 45.3. The molecule has 0 amide bonds. The van der Waals surface area contributed by atoms with Gasteiger partial charge in [-0.25, -0.2) is 64.9 Å². The number of esters is 4. The van der Waals surface area contributed by atoms with E-state index in [4.69, 9.17) is 140 Å². The lowest BCUT2D eigenvalue weighted by Gasteiger charge is -2.11. The lowest BCUT2D eigenvalue weighted by Crippen LogP contribution is -2.14. The fourth-order valence-electron chi connectivity index (χ4n) is 10.7. The highest BCUT2D eigenvalue weighted by atomic mass is 35.5. The van der Waals surface area contributed by atoms with Crippen LogP contribution >= 0.6 is 92.8 Å². The normalized spacial score (nSPS) is 10.2. The fraction of sp³-hybridized carbons (Fsp3) is 0.147. The van der Waals surface area contributed by atoms with Gasteiger partial charge in [0.2, 0.25) is 0 Å². The van der Waals surface area contributed by atoms with Gasteiger partial charge >= 0.3 is 23.9 Å². The third-order valence-corrected chi connectivity index (χ3v) is 19.0. The van der Waals surface area contributed by atoms with Gasteiger partial charge in [-0.1, -0.05) is 129 Å². The number of aromatic nitrogens is 7. The molecule has 0 saturated heterocycles. The summed E-state index contributed by atoms with van der Waals surface area (Å²) in [6, 6.07) is 54.4. The van der Waals surface area contributed by atoms with Crippen LogP contribution in [0.3, 0.4) is 0 Å². The smallest absolute Gasteiger partial charge is 0.344 e. The number of rotatable bonds is 25. The molecular formula is C95H77Cl8F7N7O16-. The molecule has 2 N–H and O–H groups in total. The zero-order chi connectivity index (χ0) is 95.8. The molecule has 694 valence electrons. The summed E-state index contributed by atoms with van der Waals surface area (Å²) < 4.78 is 144. The third-order valence-electron chi connectivity index (χ3n) is 16.8. The van der Waals surface area contributed by atoms with E-state index in [1.54, 1.807) is 170 Å². The lowest BCUT2D eigenvalue weighted by molar-refractivity contribution is -0.146. The number of ether oxygens (including phenoxy) is 10. The highest BCUT2D eigenvalue weighted by Gasteiger charge is 2.17. The van der Waals surface area contributed by atoms with Crippen LogP contribution in [0.25, 0.3) is 78.8 Å². The first-order valence-electron chi connectivity index (χ1n) is 38.9. The average Bonchev–Trinajstić information content (AvgIpc) is 0.807. The Balaban J connectivity index is 0.000000215. The number of pyridine rings is 7. The van der Waals surface area contributed by atoms with Crippen LogP contribution in [0.5, 0.6) is 34.5 Å². The lowest BCUT2D eigenvalue weighted by atomic mass is 10.1. The van der Waals surface area contributed by atoms with E-state index >= 15 is 0 Å². The topological polar surface area (TPSA) is 301 Å². The Kier molecular flexibility index (Phi) is 44.4. The number of hydrogen-bond donors (Lipinski definition) is 1. The van der Waals surface area contributed by atoms with Crippen molar-refractivity contribution in [1.29, 1.82) is 0 Å². The summed E-state index contributed by atoms with van der Waals surface area (Å²) in [6.07, 6.45) is 7.76. The highest BCUT2D eigenvalue weighted by molar-refractivity contribution is 6.33. The van der Waals surface area contributed by atoms with E-state index < -0.39 is 58.8 Å².